The van der Waals surface area contributed by atoms with E-state index in [0.717, 1.165) is 0 Å². The van der Waals surface area contributed by atoms with Crippen LogP contribution in [0.25, 0.3) is 0 Å². The van der Waals surface area contributed by atoms with Gasteiger partial charge in [-0.1, -0.05) is 24.0 Å². The highest BCUT2D eigenvalue weighted by Crippen LogP contribution is 2.31. The fraction of sp³-hybridized carbons (Fsp3) is 0.280. The first-order chi connectivity index (χ1) is 16.6. The zero-order chi connectivity index (χ0) is 25.2. The molecule has 1 aliphatic rings. The second-order valence-electron chi connectivity index (χ2n) is 8.64. The number of aromatic amines is 1. The van der Waals surface area contributed by atoms with Gasteiger partial charge in [-0.2, -0.15) is 0 Å². The number of hydrogen-bond acceptors (Lipinski definition) is 6. The van der Waals surface area contributed by atoms with E-state index < -0.39 is 17.6 Å². The maximum absolute atomic E-state index is 13.4. The Morgan fingerprint density at radius 1 is 1.34 bits per heavy atom. The predicted molar refractivity (Wildman–Crippen MR) is 125 cm³/mol. The monoisotopic (exact) mass is 477 g/mol. The summed E-state index contributed by atoms with van der Waals surface area (Å²) in [7, 11) is 1.58. The molecule has 2 heterocycles. The van der Waals surface area contributed by atoms with E-state index in [2.05, 4.69) is 32.3 Å². The summed E-state index contributed by atoms with van der Waals surface area (Å²) < 4.78 is 19.2. The molecule has 1 aromatic heterocycles. The maximum Gasteiger partial charge on any atom is 0.291 e. The third kappa shape index (κ3) is 5.83. The van der Waals surface area contributed by atoms with E-state index in [4.69, 9.17) is 4.74 Å². The van der Waals surface area contributed by atoms with Gasteiger partial charge in [-0.25, -0.2) is 9.37 Å². The fourth-order valence-corrected chi connectivity index (χ4v) is 3.44. The number of amides is 2. The molecule has 0 aliphatic carbocycles. The number of ether oxygens (including phenoxy) is 1. The summed E-state index contributed by atoms with van der Waals surface area (Å²) in [5, 5.41) is 19.0. The second kappa shape index (κ2) is 9.56. The zero-order valence-electron chi connectivity index (χ0n) is 19.4. The fourth-order valence-electron chi connectivity index (χ4n) is 3.44. The van der Waals surface area contributed by atoms with Crippen LogP contribution in [0.15, 0.2) is 42.5 Å². The van der Waals surface area contributed by atoms with Gasteiger partial charge >= 0.3 is 0 Å². The lowest BCUT2D eigenvalue weighted by atomic mass is 10.1. The van der Waals surface area contributed by atoms with Crippen LogP contribution in [-0.2, 0) is 11.2 Å². The Labute approximate surface area is 201 Å². The minimum atomic E-state index is -1.15. The largest absolute Gasteiger partial charge is 0.489 e. The Kier molecular flexibility index (Phi) is 6.53. The van der Waals surface area contributed by atoms with Gasteiger partial charge in [0.2, 0.25) is 5.82 Å². The van der Waals surface area contributed by atoms with Crippen molar-refractivity contribution in [3.05, 3.63) is 71.1 Å². The molecule has 35 heavy (non-hydrogen) atoms. The second-order valence-corrected chi connectivity index (χ2v) is 8.64. The number of likely N-dealkylation sites (N-methyl/N-ethyl adjacent to an activating group) is 1. The van der Waals surface area contributed by atoms with Crippen molar-refractivity contribution in [3.8, 4) is 17.6 Å². The molecule has 2 aromatic carbocycles. The number of anilines is 1. The molecular formula is C25H24FN5O4. The Bertz CT molecular complexity index is 1340. The number of halogens is 1. The SMILES string of the molecule is CN1C(=O)[C@H](NC(=O)c2n[nH]c(Cc3cccc(F)c3)n2)COc2ccc(C#CC(C)(C)O)cc21. The molecular weight excluding hydrogens is 453 g/mol. The van der Waals surface area contributed by atoms with Gasteiger partial charge in [-0.15, -0.1) is 5.10 Å². The maximum atomic E-state index is 13.4. The molecule has 0 spiro atoms. The first-order valence-electron chi connectivity index (χ1n) is 10.9. The van der Waals surface area contributed by atoms with Crippen molar-refractivity contribution in [1.29, 1.82) is 0 Å². The van der Waals surface area contributed by atoms with Gasteiger partial charge in [0.05, 0.1) is 5.69 Å². The van der Waals surface area contributed by atoms with E-state index in [1.807, 2.05) is 0 Å². The van der Waals surface area contributed by atoms with E-state index in [9.17, 15) is 19.1 Å². The van der Waals surface area contributed by atoms with Crippen LogP contribution in [0, 0.1) is 17.7 Å². The van der Waals surface area contributed by atoms with Crippen LogP contribution in [0.3, 0.4) is 0 Å². The summed E-state index contributed by atoms with van der Waals surface area (Å²) in [4.78, 5) is 31.3. The molecule has 9 nitrogen and oxygen atoms in total. The number of H-pyrrole nitrogens is 1. The van der Waals surface area contributed by atoms with Crippen LogP contribution >= 0.6 is 0 Å². The number of hydrogen-bond donors (Lipinski definition) is 3. The summed E-state index contributed by atoms with van der Waals surface area (Å²) in [5.74, 6) is 4.90. The summed E-state index contributed by atoms with van der Waals surface area (Å²) in [6, 6.07) is 10.2. The number of nitrogens with one attached hydrogen (secondary N) is 2. The van der Waals surface area contributed by atoms with Crippen molar-refractivity contribution < 1.29 is 23.8 Å². The van der Waals surface area contributed by atoms with Crippen LogP contribution in [0.4, 0.5) is 10.1 Å². The smallest absolute Gasteiger partial charge is 0.291 e. The number of benzene rings is 2. The first-order valence-corrected chi connectivity index (χ1v) is 10.9. The zero-order valence-corrected chi connectivity index (χ0v) is 19.4. The highest BCUT2D eigenvalue weighted by atomic mass is 19.1. The first kappa shape index (κ1) is 23.9. The third-order valence-electron chi connectivity index (χ3n) is 5.17. The predicted octanol–water partition coefficient (Wildman–Crippen LogP) is 1.81. The van der Waals surface area contributed by atoms with Crippen molar-refractivity contribution in [2.24, 2.45) is 0 Å². The Morgan fingerprint density at radius 2 is 2.14 bits per heavy atom. The van der Waals surface area contributed by atoms with Gasteiger partial charge in [-0.05, 0) is 49.7 Å². The summed E-state index contributed by atoms with van der Waals surface area (Å²) in [6.07, 6.45) is 0.264. The molecule has 0 radical (unpaired) electrons. The van der Waals surface area contributed by atoms with Gasteiger partial charge in [0.15, 0.2) is 0 Å². The van der Waals surface area contributed by atoms with Crippen molar-refractivity contribution in [1.82, 2.24) is 20.5 Å². The molecule has 0 bridgehead atoms. The Balaban J connectivity index is 1.45. The van der Waals surface area contributed by atoms with Crippen LogP contribution < -0.4 is 15.0 Å². The molecule has 10 heteroatoms. The number of fused-ring (bicyclic) bond motifs is 1. The van der Waals surface area contributed by atoms with Crippen LogP contribution in [0.2, 0.25) is 0 Å². The average molecular weight is 477 g/mol. The van der Waals surface area contributed by atoms with Gasteiger partial charge in [0, 0.05) is 19.0 Å². The van der Waals surface area contributed by atoms with Crippen LogP contribution in [-0.4, -0.2) is 57.4 Å². The highest BCUT2D eigenvalue weighted by molar-refractivity contribution is 6.02. The minimum absolute atomic E-state index is 0.0861. The summed E-state index contributed by atoms with van der Waals surface area (Å²) >= 11 is 0. The molecule has 2 amide bonds. The molecule has 3 aromatic rings. The molecule has 1 atom stereocenters. The molecule has 0 saturated heterocycles. The lowest BCUT2D eigenvalue weighted by Gasteiger charge is -2.20. The van der Waals surface area contributed by atoms with Crippen LogP contribution in [0.1, 0.15) is 41.4 Å². The van der Waals surface area contributed by atoms with Crippen molar-refractivity contribution >= 4 is 17.5 Å². The van der Waals surface area contributed by atoms with Gasteiger partial charge in [-0.3, -0.25) is 14.7 Å². The van der Waals surface area contributed by atoms with E-state index in [1.54, 1.807) is 51.2 Å². The molecule has 0 unspecified atom stereocenters. The lowest BCUT2D eigenvalue weighted by Crippen LogP contribution is -2.49. The molecule has 3 N–H and O–H groups in total. The summed E-state index contributed by atoms with van der Waals surface area (Å²) in [5.41, 5.74) is 0.608. The minimum Gasteiger partial charge on any atom is -0.489 e. The van der Waals surface area contributed by atoms with Crippen molar-refractivity contribution in [2.75, 3.05) is 18.6 Å². The van der Waals surface area contributed by atoms with E-state index >= 15 is 0 Å². The number of nitrogens with zero attached hydrogens (tertiary/aromatic N) is 3. The van der Waals surface area contributed by atoms with Crippen molar-refractivity contribution in [3.63, 3.8) is 0 Å². The standard InChI is InChI=1S/C25H24FN5O4/c1-25(2,34)10-9-15-7-8-20-19(12-15)31(3)24(33)18(14-35-20)27-23(32)22-28-21(29-30-22)13-16-5-4-6-17(26)11-16/h4-8,11-12,18,34H,13-14H2,1-3H3,(H,27,32)(H,28,29,30)/t18-/m1/s1. The van der Waals surface area contributed by atoms with Gasteiger partial charge < -0.3 is 20.1 Å². The quantitative estimate of drug-likeness (QED) is 0.493. The van der Waals surface area contributed by atoms with E-state index in [1.165, 1.54) is 17.0 Å². The van der Waals surface area contributed by atoms with Crippen LogP contribution in [0.5, 0.6) is 5.75 Å². The molecule has 0 fully saturated rings. The van der Waals surface area contributed by atoms with Gasteiger partial charge in [0.25, 0.3) is 11.8 Å². The number of aliphatic hydroxyl groups is 1. The molecule has 180 valence electrons. The Morgan fingerprint density at radius 3 is 2.89 bits per heavy atom. The molecule has 0 saturated carbocycles. The van der Waals surface area contributed by atoms with Crippen molar-refractivity contribution in [2.45, 2.75) is 31.9 Å². The number of rotatable bonds is 4. The Hall–Kier alpha value is -4.23. The number of aromatic nitrogens is 3. The summed E-state index contributed by atoms with van der Waals surface area (Å²) in [6.45, 7) is 3.07. The molecule has 4 rings (SSSR count). The van der Waals surface area contributed by atoms with E-state index in [-0.39, 0.29) is 30.6 Å². The van der Waals surface area contributed by atoms with E-state index in [0.29, 0.717) is 28.4 Å². The number of carbonyl (C=O) groups is 2. The molecule has 1 aliphatic heterocycles. The normalized spacial score (nSPS) is 15.4. The highest BCUT2D eigenvalue weighted by Gasteiger charge is 2.31. The number of carbonyl (C=O) groups excluding carboxylic acids is 2. The lowest BCUT2D eigenvalue weighted by molar-refractivity contribution is -0.120. The van der Waals surface area contributed by atoms with Gasteiger partial charge in [0.1, 0.15) is 35.6 Å². The third-order valence-corrected chi connectivity index (χ3v) is 5.17. The average Bonchev–Trinajstić information content (AvgIpc) is 3.23. The topological polar surface area (TPSA) is 120 Å².